The highest BCUT2D eigenvalue weighted by atomic mass is 16.7. The molecular weight excluding hydrogens is 1010 g/mol. The smallest absolute Gasteiger partial charge is 0.361 e. The highest BCUT2D eigenvalue weighted by molar-refractivity contribution is 5.71. The molecule has 0 aromatic carbocycles. The van der Waals surface area contributed by atoms with Crippen LogP contribution in [0.2, 0.25) is 0 Å². The van der Waals surface area contributed by atoms with Crippen LogP contribution in [0.3, 0.4) is 0 Å². The van der Waals surface area contributed by atoms with Gasteiger partial charge in [0.15, 0.2) is 6.10 Å². The molecule has 0 saturated heterocycles. The minimum atomic E-state index is -1.51. The normalized spacial score (nSPS) is 12.9. The first kappa shape index (κ1) is 78.5. The van der Waals surface area contributed by atoms with E-state index in [4.69, 9.17) is 18.9 Å². The van der Waals surface area contributed by atoms with Crippen molar-refractivity contribution >= 4 is 17.9 Å². The number of nitrogens with zero attached hydrogens (tertiary/aromatic N) is 1. The summed E-state index contributed by atoms with van der Waals surface area (Å²) in [7, 11) is 5.98. The number of ether oxygens (including phenoxy) is 4. The Balaban J connectivity index is 4.02. The molecular formula is C72H136NO8+. The summed E-state index contributed by atoms with van der Waals surface area (Å²) < 4.78 is 23.0. The summed E-state index contributed by atoms with van der Waals surface area (Å²) >= 11 is 0. The van der Waals surface area contributed by atoms with Gasteiger partial charge in [0.05, 0.1) is 34.4 Å². The number of hydrogen-bond donors (Lipinski definition) is 1. The van der Waals surface area contributed by atoms with Crippen LogP contribution < -0.4 is 0 Å². The molecule has 0 aromatic heterocycles. The maximum Gasteiger partial charge on any atom is 0.361 e. The highest BCUT2D eigenvalue weighted by Crippen LogP contribution is 2.19. The molecule has 0 bridgehead atoms. The minimum absolute atomic E-state index is 0.184. The number of likely N-dealkylation sites (N-methyl/N-ethyl adjacent to an activating group) is 1. The van der Waals surface area contributed by atoms with E-state index in [1.165, 1.54) is 257 Å². The van der Waals surface area contributed by atoms with Gasteiger partial charge in [0.1, 0.15) is 13.2 Å². The third-order valence-corrected chi connectivity index (χ3v) is 15.9. The number of unbranched alkanes of at least 4 members (excludes halogenated alkanes) is 45. The van der Waals surface area contributed by atoms with Crippen molar-refractivity contribution in [2.75, 3.05) is 47.5 Å². The lowest BCUT2D eigenvalue weighted by Crippen LogP contribution is -2.40. The zero-order chi connectivity index (χ0) is 59.1. The Labute approximate surface area is 502 Å². The van der Waals surface area contributed by atoms with Crippen molar-refractivity contribution in [1.29, 1.82) is 0 Å². The summed E-state index contributed by atoms with van der Waals surface area (Å²) in [6, 6.07) is 0. The van der Waals surface area contributed by atoms with Crippen molar-refractivity contribution in [2.24, 2.45) is 0 Å². The predicted molar refractivity (Wildman–Crippen MR) is 346 cm³/mol. The summed E-state index contributed by atoms with van der Waals surface area (Å²) in [4.78, 5) is 37.6. The average molecular weight is 1140 g/mol. The van der Waals surface area contributed by atoms with Crippen LogP contribution in [0.5, 0.6) is 0 Å². The van der Waals surface area contributed by atoms with Gasteiger partial charge in [-0.15, -0.1) is 0 Å². The molecule has 0 aliphatic heterocycles. The third-order valence-electron chi connectivity index (χ3n) is 15.9. The van der Waals surface area contributed by atoms with Gasteiger partial charge in [0, 0.05) is 12.8 Å². The molecule has 0 aromatic rings. The zero-order valence-corrected chi connectivity index (χ0v) is 54.5. The number of rotatable bonds is 66. The molecule has 0 spiro atoms. The molecule has 0 radical (unpaired) electrons. The van der Waals surface area contributed by atoms with Crippen molar-refractivity contribution in [2.45, 2.75) is 360 Å². The van der Waals surface area contributed by atoms with Crippen molar-refractivity contribution in [3.05, 3.63) is 36.5 Å². The summed E-state index contributed by atoms with van der Waals surface area (Å²) in [5, 5.41) is 9.73. The number of aliphatic carboxylic acids is 1. The van der Waals surface area contributed by atoms with E-state index in [0.29, 0.717) is 23.9 Å². The van der Waals surface area contributed by atoms with E-state index in [1.54, 1.807) is 0 Å². The molecule has 0 saturated carbocycles. The van der Waals surface area contributed by atoms with E-state index in [0.717, 1.165) is 57.8 Å². The van der Waals surface area contributed by atoms with Crippen molar-refractivity contribution < 1.29 is 42.9 Å². The van der Waals surface area contributed by atoms with Crippen molar-refractivity contribution in [1.82, 2.24) is 0 Å². The van der Waals surface area contributed by atoms with Gasteiger partial charge < -0.3 is 28.5 Å². The first-order valence-corrected chi connectivity index (χ1v) is 35.2. The molecule has 0 heterocycles. The predicted octanol–water partition coefficient (Wildman–Crippen LogP) is 21.6. The Morgan fingerprint density at radius 2 is 0.667 bits per heavy atom. The van der Waals surface area contributed by atoms with Gasteiger partial charge in [-0.1, -0.05) is 320 Å². The molecule has 0 rings (SSSR count). The van der Waals surface area contributed by atoms with Gasteiger partial charge in [0.25, 0.3) is 6.29 Å². The second kappa shape index (κ2) is 63.5. The van der Waals surface area contributed by atoms with Gasteiger partial charge in [0.2, 0.25) is 0 Å². The van der Waals surface area contributed by atoms with Crippen LogP contribution in [0, 0.1) is 0 Å². The first-order valence-electron chi connectivity index (χ1n) is 35.2. The summed E-state index contributed by atoms with van der Waals surface area (Å²) in [6.45, 7) is 4.91. The topological polar surface area (TPSA) is 108 Å². The molecule has 2 unspecified atom stereocenters. The van der Waals surface area contributed by atoms with Crippen LogP contribution in [-0.2, 0) is 33.3 Å². The highest BCUT2D eigenvalue weighted by Gasteiger charge is 2.25. The second-order valence-corrected chi connectivity index (χ2v) is 25.2. The zero-order valence-electron chi connectivity index (χ0n) is 54.5. The van der Waals surface area contributed by atoms with E-state index >= 15 is 0 Å². The Kier molecular flexibility index (Phi) is 61.6. The van der Waals surface area contributed by atoms with E-state index in [1.807, 2.05) is 21.1 Å². The molecule has 81 heavy (non-hydrogen) atoms. The van der Waals surface area contributed by atoms with Crippen molar-refractivity contribution in [3.8, 4) is 0 Å². The second-order valence-electron chi connectivity index (χ2n) is 25.2. The van der Waals surface area contributed by atoms with Crippen LogP contribution in [0.25, 0.3) is 0 Å². The number of esters is 2. The molecule has 0 aliphatic carbocycles. The summed E-state index contributed by atoms with van der Waals surface area (Å²) in [5.41, 5.74) is 0. The van der Waals surface area contributed by atoms with Crippen LogP contribution in [0.1, 0.15) is 348 Å². The fourth-order valence-electron chi connectivity index (χ4n) is 10.5. The average Bonchev–Trinajstić information content (AvgIpc) is 3.44. The van der Waals surface area contributed by atoms with Crippen LogP contribution in [-0.4, -0.2) is 87.4 Å². The van der Waals surface area contributed by atoms with Gasteiger partial charge >= 0.3 is 17.9 Å². The number of carboxylic acids is 1. The Morgan fingerprint density at radius 1 is 0.370 bits per heavy atom. The number of carbonyl (C=O) groups excluding carboxylic acids is 2. The molecule has 0 aliphatic rings. The number of hydrogen-bond acceptors (Lipinski definition) is 7. The van der Waals surface area contributed by atoms with Crippen molar-refractivity contribution in [3.63, 3.8) is 0 Å². The number of carboxylic acid groups (broad SMARTS) is 1. The molecule has 0 amide bonds. The van der Waals surface area contributed by atoms with E-state index in [9.17, 15) is 19.5 Å². The maximum atomic E-state index is 12.9. The monoisotopic (exact) mass is 1140 g/mol. The van der Waals surface area contributed by atoms with E-state index in [-0.39, 0.29) is 32.2 Å². The first-order chi connectivity index (χ1) is 39.6. The number of carbonyl (C=O) groups is 3. The molecule has 0 fully saturated rings. The molecule has 1 N–H and O–H groups in total. The van der Waals surface area contributed by atoms with Crippen LogP contribution in [0.15, 0.2) is 36.5 Å². The van der Waals surface area contributed by atoms with E-state index in [2.05, 4.69) is 50.3 Å². The third kappa shape index (κ3) is 64.9. The maximum absolute atomic E-state index is 12.9. The van der Waals surface area contributed by atoms with Gasteiger partial charge in [-0.25, -0.2) is 4.79 Å². The molecule has 476 valence electrons. The fourth-order valence-corrected chi connectivity index (χ4v) is 10.5. The Bertz CT molecular complexity index is 1420. The SMILES string of the molecule is CCCCCCC/C=C\C/C=C\C/C=C\CCCCCCCCC(=O)OC(COC(=O)CCCCCCCCCCCCCCCCCCCCCCCCCCCCCCCCCCCCC)COC(OCC[N+](C)(C)C)C(=O)O. The van der Waals surface area contributed by atoms with Crippen LogP contribution in [0.4, 0.5) is 0 Å². The molecule has 2 atom stereocenters. The van der Waals surface area contributed by atoms with Crippen LogP contribution >= 0.6 is 0 Å². The lowest BCUT2D eigenvalue weighted by molar-refractivity contribution is -0.870. The van der Waals surface area contributed by atoms with Gasteiger partial charge in [-0.05, 0) is 51.4 Å². The Morgan fingerprint density at radius 3 is 0.988 bits per heavy atom. The Hall–Kier alpha value is -2.49. The minimum Gasteiger partial charge on any atom is -0.477 e. The lowest BCUT2D eigenvalue weighted by Gasteiger charge is -2.25. The molecule has 9 heteroatoms. The summed E-state index contributed by atoms with van der Waals surface area (Å²) in [6.07, 6.45) is 77.0. The van der Waals surface area contributed by atoms with Gasteiger partial charge in [-0.2, -0.15) is 0 Å². The fraction of sp³-hybridized carbons (Fsp3) is 0.875. The number of allylic oxidation sites excluding steroid dienone is 6. The summed E-state index contributed by atoms with van der Waals surface area (Å²) in [5.74, 6) is -2.00. The van der Waals surface area contributed by atoms with Gasteiger partial charge in [-0.3, -0.25) is 9.59 Å². The molecule has 9 nitrogen and oxygen atoms in total. The quantitative estimate of drug-likeness (QED) is 0.0211. The standard InChI is InChI=1S/C72H135NO8/c1-6-8-10-12-14-16-18-20-22-24-26-28-29-30-31-32-33-34-35-36-37-38-39-40-41-43-44-46-48-50-52-54-56-58-60-62-69(74)79-66-68(67-80-72(71(76)77)78-65-64-73(3,4)5)81-70(75)63-61-59-57-55-53-51-49-47-45-42-27-25-23-21-19-17-15-13-11-9-7-2/h19,21,25,27,45,47,68,72H,6-18,20,22-24,26,28-44,46,48-67H2,1-5H3/p+1/b21-19-,27-25-,47-45-. The largest absolute Gasteiger partial charge is 0.477 e. The lowest BCUT2D eigenvalue weighted by atomic mass is 10.0. The van der Waals surface area contributed by atoms with E-state index < -0.39 is 24.3 Å². The number of quaternary nitrogens is 1.